The molecule has 2 aromatic rings. The molecule has 1 nitrogen and oxygen atoms in total. The monoisotopic (exact) mass is 285 g/mol. The maximum atomic E-state index is 6.16. The lowest BCUT2D eigenvalue weighted by Gasteiger charge is -2.16. The molecule has 0 fully saturated rings. The zero-order valence-corrected chi connectivity index (χ0v) is 11.1. The normalized spacial score (nSPS) is 12.5. The lowest BCUT2D eigenvalue weighted by atomic mass is 9.99. The molecule has 0 saturated carbocycles. The van der Waals surface area contributed by atoms with E-state index in [2.05, 4.69) is 0 Å². The fourth-order valence-corrected chi connectivity index (χ4v) is 2.33. The van der Waals surface area contributed by atoms with Crippen molar-refractivity contribution in [1.82, 2.24) is 0 Å². The van der Waals surface area contributed by atoms with Crippen molar-refractivity contribution < 1.29 is 0 Å². The Hall–Kier alpha value is -0.730. The zero-order valence-electron chi connectivity index (χ0n) is 8.83. The predicted molar refractivity (Wildman–Crippen MR) is 73.9 cm³/mol. The Morgan fingerprint density at radius 1 is 0.765 bits per heavy atom. The minimum absolute atomic E-state index is 0.380. The minimum atomic E-state index is -0.380. The van der Waals surface area contributed by atoms with Crippen LogP contribution in [0, 0.1) is 0 Å². The van der Waals surface area contributed by atoms with E-state index in [1.54, 1.807) is 12.1 Å². The summed E-state index contributed by atoms with van der Waals surface area (Å²) in [4.78, 5) is 0. The summed E-state index contributed by atoms with van der Waals surface area (Å²) in [5, 5.41) is 1.59. The first-order chi connectivity index (χ1) is 8.11. The molecule has 0 aliphatic rings. The van der Waals surface area contributed by atoms with Crippen molar-refractivity contribution in [3.63, 3.8) is 0 Å². The van der Waals surface area contributed by atoms with Crippen LogP contribution in [0.4, 0.5) is 0 Å². The Kier molecular flexibility index (Phi) is 3.95. The first-order valence-corrected chi connectivity index (χ1v) is 6.18. The van der Waals surface area contributed by atoms with Gasteiger partial charge >= 0.3 is 0 Å². The van der Waals surface area contributed by atoms with Gasteiger partial charge < -0.3 is 5.73 Å². The standard InChI is InChI=1S/C13H10Cl3N/c14-10-6-2-1-4-8(10)13(17)9-5-3-7-11(15)12(9)16/h1-7,13H,17H2. The smallest absolute Gasteiger partial charge is 0.0643 e. The van der Waals surface area contributed by atoms with Gasteiger partial charge in [0.05, 0.1) is 16.1 Å². The predicted octanol–water partition coefficient (Wildman–Crippen LogP) is 4.69. The van der Waals surface area contributed by atoms with E-state index < -0.39 is 0 Å². The van der Waals surface area contributed by atoms with Gasteiger partial charge in [-0.25, -0.2) is 0 Å². The lowest BCUT2D eigenvalue weighted by molar-refractivity contribution is 0.872. The van der Waals surface area contributed by atoms with Gasteiger partial charge in [-0.05, 0) is 23.3 Å². The fourth-order valence-electron chi connectivity index (χ4n) is 1.66. The van der Waals surface area contributed by atoms with Gasteiger partial charge in [0.25, 0.3) is 0 Å². The topological polar surface area (TPSA) is 26.0 Å². The average Bonchev–Trinajstić information content (AvgIpc) is 2.32. The second-order valence-corrected chi connectivity index (χ2v) is 4.83. The number of rotatable bonds is 2. The largest absolute Gasteiger partial charge is 0.320 e. The quantitative estimate of drug-likeness (QED) is 0.851. The van der Waals surface area contributed by atoms with Crippen LogP contribution in [0.1, 0.15) is 17.2 Å². The maximum absolute atomic E-state index is 6.16. The molecule has 1 atom stereocenters. The van der Waals surface area contributed by atoms with Crippen LogP contribution in [-0.4, -0.2) is 0 Å². The van der Waals surface area contributed by atoms with Crippen LogP contribution < -0.4 is 5.73 Å². The Labute approximate surface area is 115 Å². The van der Waals surface area contributed by atoms with Gasteiger partial charge in [0.1, 0.15) is 0 Å². The highest BCUT2D eigenvalue weighted by molar-refractivity contribution is 6.42. The van der Waals surface area contributed by atoms with Gasteiger partial charge in [-0.1, -0.05) is 65.1 Å². The first-order valence-electron chi connectivity index (χ1n) is 5.05. The van der Waals surface area contributed by atoms with E-state index in [1.165, 1.54) is 0 Å². The van der Waals surface area contributed by atoms with Crippen LogP contribution in [0.15, 0.2) is 42.5 Å². The molecule has 0 aliphatic carbocycles. The summed E-state index contributed by atoms with van der Waals surface area (Å²) < 4.78 is 0. The molecular weight excluding hydrogens is 277 g/mol. The molecule has 0 aliphatic heterocycles. The highest BCUT2D eigenvalue weighted by Gasteiger charge is 2.16. The first kappa shape index (κ1) is 12.7. The highest BCUT2D eigenvalue weighted by Crippen LogP contribution is 2.33. The van der Waals surface area contributed by atoms with Crippen LogP contribution in [0.25, 0.3) is 0 Å². The summed E-state index contributed by atoms with van der Waals surface area (Å²) in [5.74, 6) is 0. The Bertz CT molecular complexity index is 540. The summed E-state index contributed by atoms with van der Waals surface area (Å²) in [7, 11) is 0. The molecule has 0 spiro atoms. The van der Waals surface area contributed by atoms with Crippen LogP contribution in [0.5, 0.6) is 0 Å². The van der Waals surface area contributed by atoms with Gasteiger partial charge in [0, 0.05) is 5.02 Å². The third kappa shape index (κ3) is 2.58. The van der Waals surface area contributed by atoms with E-state index in [0.29, 0.717) is 15.1 Å². The van der Waals surface area contributed by atoms with Gasteiger partial charge in [0.15, 0.2) is 0 Å². The van der Waals surface area contributed by atoms with E-state index in [9.17, 15) is 0 Å². The van der Waals surface area contributed by atoms with Crippen molar-refractivity contribution in [2.24, 2.45) is 5.73 Å². The maximum Gasteiger partial charge on any atom is 0.0643 e. The molecule has 0 heterocycles. The Balaban J connectivity index is 2.48. The van der Waals surface area contributed by atoms with Crippen LogP contribution in [0.3, 0.4) is 0 Å². The van der Waals surface area contributed by atoms with E-state index in [0.717, 1.165) is 11.1 Å². The highest BCUT2D eigenvalue weighted by atomic mass is 35.5. The van der Waals surface area contributed by atoms with Crippen LogP contribution in [0.2, 0.25) is 15.1 Å². The van der Waals surface area contributed by atoms with E-state index >= 15 is 0 Å². The summed E-state index contributed by atoms with van der Waals surface area (Å²) >= 11 is 18.2. The summed E-state index contributed by atoms with van der Waals surface area (Å²) in [6.45, 7) is 0. The van der Waals surface area contributed by atoms with Gasteiger partial charge in [-0.15, -0.1) is 0 Å². The van der Waals surface area contributed by atoms with E-state index in [4.69, 9.17) is 40.5 Å². The van der Waals surface area contributed by atoms with E-state index in [1.807, 2.05) is 30.3 Å². The molecule has 88 valence electrons. The lowest BCUT2D eigenvalue weighted by Crippen LogP contribution is -2.12. The van der Waals surface area contributed by atoms with Crippen LogP contribution in [-0.2, 0) is 0 Å². The molecule has 0 aromatic heterocycles. The molecule has 2 rings (SSSR count). The third-order valence-corrected chi connectivity index (χ3v) is 3.73. The van der Waals surface area contributed by atoms with E-state index in [-0.39, 0.29) is 6.04 Å². The number of hydrogen-bond donors (Lipinski definition) is 1. The van der Waals surface area contributed by atoms with Gasteiger partial charge in [0.2, 0.25) is 0 Å². The Morgan fingerprint density at radius 3 is 2.06 bits per heavy atom. The van der Waals surface area contributed by atoms with Crippen LogP contribution >= 0.6 is 34.8 Å². The zero-order chi connectivity index (χ0) is 12.4. The van der Waals surface area contributed by atoms with Crippen molar-refractivity contribution in [1.29, 1.82) is 0 Å². The number of benzene rings is 2. The number of halogens is 3. The van der Waals surface area contributed by atoms with Crippen molar-refractivity contribution in [3.8, 4) is 0 Å². The molecule has 0 amide bonds. The number of nitrogens with two attached hydrogens (primary N) is 1. The SMILES string of the molecule is NC(c1ccccc1Cl)c1cccc(Cl)c1Cl. The molecule has 0 radical (unpaired) electrons. The molecule has 4 heteroatoms. The van der Waals surface area contributed by atoms with Gasteiger partial charge in [-0.2, -0.15) is 0 Å². The van der Waals surface area contributed by atoms with Crippen molar-refractivity contribution >= 4 is 34.8 Å². The molecule has 0 saturated heterocycles. The molecule has 0 bridgehead atoms. The fraction of sp³-hybridized carbons (Fsp3) is 0.0769. The summed E-state index contributed by atoms with van der Waals surface area (Å²) in [5.41, 5.74) is 7.76. The minimum Gasteiger partial charge on any atom is -0.320 e. The molecule has 2 N–H and O–H groups in total. The Morgan fingerprint density at radius 2 is 1.35 bits per heavy atom. The van der Waals surface area contributed by atoms with Crippen molar-refractivity contribution in [2.45, 2.75) is 6.04 Å². The second kappa shape index (κ2) is 5.28. The summed E-state index contributed by atoms with van der Waals surface area (Å²) in [6, 6.07) is 12.4. The molecule has 1 unspecified atom stereocenters. The third-order valence-electron chi connectivity index (χ3n) is 2.56. The number of hydrogen-bond acceptors (Lipinski definition) is 1. The van der Waals surface area contributed by atoms with Crippen molar-refractivity contribution in [3.05, 3.63) is 68.7 Å². The van der Waals surface area contributed by atoms with Crippen molar-refractivity contribution in [2.75, 3.05) is 0 Å². The summed E-state index contributed by atoms with van der Waals surface area (Å²) in [6.07, 6.45) is 0. The average molecular weight is 287 g/mol. The molecular formula is C13H10Cl3N. The second-order valence-electron chi connectivity index (χ2n) is 3.64. The van der Waals surface area contributed by atoms with Gasteiger partial charge in [-0.3, -0.25) is 0 Å². The molecule has 17 heavy (non-hydrogen) atoms. The molecule has 2 aromatic carbocycles.